The Kier molecular flexibility index (Phi) is 4.45. The molecule has 0 aliphatic rings. The molecule has 3 nitrogen and oxygen atoms in total. The van der Waals surface area contributed by atoms with E-state index in [9.17, 15) is 4.79 Å². The molecule has 0 radical (unpaired) electrons. The molecule has 2 aromatic rings. The number of aromatic nitrogens is 1. The fourth-order valence-corrected chi connectivity index (χ4v) is 2.37. The van der Waals surface area contributed by atoms with Crippen LogP contribution >= 0.6 is 39.1 Å². The number of halogens is 3. The van der Waals surface area contributed by atoms with Crippen molar-refractivity contribution in [2.75, 3.05) is 5.32 Å². The Balaban J connectivity index is 2.27. The number of nitrogens with one attached hydrogen (secondary N) is 1. The van der Waals surface area contributed by atoms with Gasteiger partial charge in [-0.3, -0.25) is 4.79 Å². The highest BCUT2D eigenvalue weighted by Crippen LogP contribution is 2.29. The van der Waals surface area contributed by atoms with Crippen LogP contribution in [0.3, 0.4) is 0 Å². The molecule has 6 heteroatoms. The summed E-state index contributed by atoms with van der Waals surface area (Å²) in [6.07, 6.45) is 1.48. The number of benzene rings is 1. The Morgan fingerprint density at radius 2 is 2.05 bits per heavy atom. The molecule has 0 saturated carbocycles. The van der Waals surface area contributed by atoms with E-state index >= 15 is 0 Å². The summed E-state index contributed by atoms with van der Waals surface area (Å²) in [6.45, 7) is 1.89. The van der Waals surface area contributed by atoms with E-state index in [1.165, 1.54) is 12.3 Å². The van der Waals surface area contributed by atoms with Crippen LogP contribution in [-0.2, 0) is 0 Å². The highest BCUT2D eigenvalue weighted by molar-refractivity contribution is 9.10. The van der Waals surface area contributed by atoms with E-state index in [4.69, 9.17) is 23.2 Å². The molecule has 0 bridgehead atoms. The zero-order chi connectivity index (χ0) is 14.0. The molecule has 98 valence electrons. The van der Waals surface area contributed by atoms with Crippen molar-refractivity contribution in [2.24, 2.45) is 0 Å². The summed E-state index contributed by atoms with van der Waals surface area (Å²) in [7, 11) is 0. The molecule has 0 spiro atoms. The van der Waals surface area contributed by atoms with Crippen LogP contribution in [0.2, 0.25) is 10.2 Å². The van der Waals surface area contributed by atoms with Gasteiger partial charge in [0.1, 0.15) is 5.15 Å². The average molecular weight is 360 g/mol. The summed E-state index contributed by atoms with van der Waals surface area (Å²) >= 11 is 15.2. The standard InChI is InChI=1S/C13H9BrCl2N2O/c1-7-4-9(14)11(6-10(7)15)18-13(19)8-2-3-17-12(16)5-8/h2-6H,1H3,(H,18,19). The van der Waals surface area contributed by atoms with Crippen molar-refractivity contribution in [3.63, 3.8) is 0 Å². The van der Waals surface area contributed by atoms with Gasteiger partial charge >= 0.3 is 0 Å². The molecule has 1 aromatic carbocycles. The van der Waals surface area contributed by atoms with Gasteiger partial charge in [0.25, 0.3) is 5.91 Å². The van der Waals surface area contributed by atoms with Crippen LogP contribution in [0.25, 0.3) is 0 Å². The number of amides is 1. The quantitative estimate of drug-likeness (QED) is 0.789. The first-order chi connectivity index (χ1) is 8.97. The summed E-state index contributed by atoms with van der Waals surface area (Å²) in [6, 6.07) is 6.63. The van der Waals surface area contributed by atoms with Gasteiger partial charge in [0, 0.05) is 21.3 Å². The smallest absolute Gasteiger partial charge is 0.255 e. The van der Waals surface area contributed by atoms with E-state index in [0.29, 0.717) is 16.3 Å². The van der Waals surface area contributed by atoms with Crippen LogP contribution < -0.4 is 5.32 Å². The normalized spacial score (nSPS) is 10.3. The van der Waals surface area contributed by atoms with Gasteiger partial charge in [-0.1, -0.05) is 23.2 Å². The third kappa shape index (κ3) is 3.47. The second kappa shape index (κ2) is 5.90. The van der Waals surface area contributed by atoms with Crippen LogP contribution in [0.15, 0.2) is 34.9 Å². The Hall–Kier alpha value is -1.10. The Morgan fingerprint density at radius 1 is 1.32 bits per heavy atom. The maximum Gasteiger partial charge on any atom is 0.255 e. The molecule has 0 atom stereocenters. The number of rotatable bonds is 2. The number of anilines is 1. The van der Waals surface area contributed by atoms with Crippen molar-refractivity contribution in [3.8, 4) is 0 Å². The van der Waals surface area contributed by atoms with E-state index in [1.54, 1.807) is 12.1 Å². The number of pyridine rings is 1. The van der Waals surface area contributed by atoms with Crippen LogP contribution in [0, 0.1) is 6.92 Å². The molecule has 1 aromatic heterocycles. The Morgan fingerprint density at radius 3 is 2.74 bits per heavy atom. The lowest BCUT2D eigenvalue weighted by Crippen LogP contribution is -2.12. The van der Waals surface area contributed by atoms with E-state index in [0.717, 1.165) is 10.0 Å². The lowest BCUT2D eigenvalue weighted by atomic mass is 10.2. The molecule has 19 heavy (non-hydrogen) atoms. The molecule has 0 fully saturated rings. The van der Waals surface area contributed by atoms with Crippen molar-refractivity contribution in [1.29, 1.82) is 0 Å². The lowest BCUT2D eigenvalue weighted by Gasteiger charge is -2.09. The van der Waals surface area contributed by atoms with E-state index in [-0.39, 0.29) is 11.1 Å². The summed E-state index contributed by atoms with van der Waals surface area (Å²) < 4.78 is 0.767. The minimum atomic E-state index is -0.273. The van der Waals surface area contributed by atoms with Gasteiger partial charge in [-0.2, -0.15) is 0 Å². The van der Waals surface area contributed by atoms with Crippen molar-refractivity contribution in [2.45, 2.75) is 6.92 Å². The number of carbonyl (C=O) groups excluding carboxylic acids is 1. The first kappa shape index (κ1) is 14.3. The highest BCUT2D eigenvalue weighted by Gasteiger charge is 2.10. The molecule has 1 amide bonds. The summed E-state index contributed by atoms with van der Waals surface area (Å²) in [5.41, 5.74) is 1.97. The minimum absolute atomic E-state index is 0.272. The fraction of sp³-hybridized carbons (Fsp3) is 0.0769. The topological polar surface area (TPSA) is 42.0 Å². The monoisotopic (exact) mass is 358 g/mol. The van der Waals surface area contributed by atoms with Crippen LogP contribution in [0.5, 0.6) is 0 Å². The largest absolute Gasteiger partial charge is 0.321 e. The lowest BCUT2D eigenvalue weighted by molar-refractivity contribution is 0.102. The Bertz CT molecular complexity index is 647. The van der Waals surface area contributed by atoms with Crippen molar-refractivity contribution < 1.29 is 4.79 Å². The first-order valence-electron chi connectivity index (χ1n) is 5.36. The molecule has 0 aliphatic carbocycles. The van der Waals surface area contributed by atoms with Crippen molar-refractivity contribution >= 4 is 50.7 Å². The fourth-order valence-electron chi connectivity index (χ4n) is 1.48. The molecule has 0 saturated heterocycles. The molecular weight excluding hydrogens is 351 g/mol. The van der Waals surface area contributed by atoms with E-state index in [2.05, 4.69) is 26.2 Å². The van der Waals surface area contributed by atoms with Crippen LogP contribution in [0.1, 0.15) is 15.9 Å². The predicted octanol–water partition coefficient (Wildman–Crippen LogP) is 4.71. The van der Waals surface area contributed by atoms with Gasteiger partial charge in [0.2, 0.25) is 0 Å². The van der Waals surface area contributed by atoms with Gasteiger partial charge in [-0.25, -0.2) is 4.98 Å². The molecule has 0 aliphatic heterocycles. The molecule has 1 heterocycles. The van der Waals surface area contributed by atoms with Crippen molar-refractivity contribution in [1.82, 2.24) is 4.98 Å². The second-order valence-corrected chi connectivity index (χ2v) is 5.55. The van der Waals surface area contributed by atoms with Gasteiger partial charge < -0.3 is 5.32 Å². The molecular formula is C13H9BrCl2N2O. The number of hydrogen-bond acceptors (Lipinski definition) is 2. The van der Waals surface area contributed by atoms with E-state index < -0.39 is 0 Å². The predicted molar refractivity (Wildman–Crippen MR) is 81.1 cm³/mol. The van der Waals surface area contributed by atoms with E-state index in [1.807, 2.05) is 13.0 Å². The third-order valence-electron chi connectivity index (χ3n) is 2.49. The van der Waals surface area contributed by atoms with Crippen LogP contribution in [0.4, 0.5) is 5.69 Å². The number of hydrogen-bond donors (Lipinski definition) is 1. The Labute approximate surface area is 129 Å². The second-order valence-electron chi connectivity index (χ2n) is 3.90. The average Bonchev–Trinajstić information content (AvgIpc) is 2.36. The van der Waals surface area contributed by atoms with Gasteiger partial charge in [-0.05, 0) is 52.7 Å². The zero-order valence-electron chi connectivity index (χ0n) is 9.88. The maximum absolute atomic E-state index is 12.1. The minimum Gasteiger partial charge on any atom is -0.321 e. The summed E-state index contributed by atoms with van der Waals surface area (Å²) in [5, 5.41) is 3.63. The van der Waals surface area contributed by atoms with Gasteiger partial charge in [0.15, 0.2) is 0 Å². The summed E-state index contributed by atoms with van der Waals surface area (Å²) in [4.78, 5) is 15.9. The zero-order valence-corrected chi connectivity index (χ0v) is 13.0. The SMILES string of the molecule is Cc1cc(Br)c(NC(=O)c2ccnc(Cl)c2)cc1Cl. The molecule has 1 N–H and O–H groups in total. The maximum atomic E-state index is 12.1. The number of aryl methyl sites for hydroxylation is 1. The molecule has 0 unspecified atom stereocenters. The van der Waals surface area contributed by atoms with Crippen LogP contribution in [-0.4, -0.2) is 10.9 Å². The van der Waals surface area contributed by atoms with Gasteiger partial charge in [-0.15, -0.1) is 0 Å². The highest BCUT2D eigenvalue weighted by atomic mass is 79.9. The number of nitrogens with zero attached hydrogens (tertiary/aromatic N) is 1. The summed E-state index contributed by atoms with van der Waals surface area (Å²) in [5.74, 6) is -0.273. The number of carbonyl (C=O) groups is 1. The van der Waals surface area contributed by atoms with Gasteiger partial charge in [0.05, 0.1) is 5.69 Å². The molecule has 2 rings (SSSR count). The van der Waals surface area contributed by atoms with Crippen molar-refractivity contribution in [3.05, 3.63) is 56.2 Å². The third-order valence-corrected chi connectivity index (χ3v) is 3.76. The first-order valence-corrected chi connectivity index (χ1v) is 6.91.